The fraction of sp³-hybridized carbons (Fsp3) is 0.500. The highest BCUT2D eigenvalue weighted by Gasteiger charge is 2.32. The number of nitrogens with zero attached hydrogens (tertiary/aromatic N) is 1. The maximum Gasteiger partial charge on any atom is 0.328 e. The minimum absolute atomic E-state index is 0.0215. The number of rotatable bonds is 6. The van der Waals surface area contributed by atoms with Crippen LogP contribution in [0.25, 0.3) is 0 Å². The zero-order valence-corrected chi connectivity index (χ0v) is 13.3. The number of amides is 1. The summed E-state index contributed by atoms with van der Waals surface area (Å²) in [5.74, 6) is -0.152. The topological polar surface area (TPSA) is 85.3 Å². The molecule has 0 aliphatic carbocycles. The van der Waals surface area contributed by atoms with Gasteiger partial charge in [0.2, 0.25) is 5.91 Å². The highest BCUT2D eigenvalue weighted by molar-refractivity contribution is 5.84. The van der Waals surface area contributed by atoms with Crippen LogP contribution < -0.4 is 9.47 Å². The Balaban J connectivity index is 1.90. The van der Waals surface area contributed by atoms with Crippen LogP contribution in [-0.4, -0.2) is 61.4 Å². The minimum Gasteiger partial charge on any atom is -0.493 e. The average molecular weight is 323 g/mol. The standard InChI is InChI=1S/C16H21NO6/c1-11-3-4-13(14(9-11)21-2)23-7-5-15(18)17-6-8-22-10-12(17)16(19)20/h3-4,9,12H,5-8,10H2,1-2H3,(H,19,20). The molecule has 1 aromatic carbocycles. The number of hydrogen-bond acceptors (Lipinski definition) is 5. The maximum absolute atomic E-state index is 12.2. The van der Waals surface area contributed by atoms with Crippen LogP contribution in [0.5, 0.6) is 11.5 Å². The summed E-state index contributed by atoms with van der Waals surface area (Å²) in [4.78, 5) is 24.7. The maximum atomic E-state index is 12.2. The van der Waals surface area contributed by atoms with E-state index in [1.54, 1.807) is 13.2 Å². The van der Waals surface area contributed by atoms with E-state index in [0.29, 0.717) is 18.1 Å². The molecule has 1 aromatic rings. The molecule has 0 aromatic heterocycles. The summed E-state index contributed by atoms with van der Waals surface area (Å²) >= 11 is 0. The molecule has 1 heterocycles. The van der Waals surface area contributed by atoms with Crippen molar-refractivity contribution in [1.29, 1.82) is 0 Å². The number of ether oxygens (including phenoxy) is 3. The number of aryl methyl sites for hydroxylation is 1. The summed E-state index contributed by atoms with van der Waals surface area (Å²) in [7, 11) is 1.55. The average Bonchev–Trinajstić information content (AvgIpc) is 2.55. The van der Waals surface area contributed by atoms with E-state index in [1.165, 1.54) is 4.90 Å². The molecule has 1 saturated heterocycles. The van der Waals surface area contributed by atoms with E-state index in [0.717, 1.165) is 5.56 Å². The number of carboxylic acids is 1. The van der Waals surface area contributed by atoms with Crippen LogP contribution in [0.1, 0.15) is 12.0 Å². The van der Waals surface area contributed by atoms with Crippen LogP contribution in [-0.2, 0) is 14.3 Å². The molecule has 7 nitrogen and oxygen atoms in total. The third-order valence-corrected chi connectivity index (χ3v) is 3.63. The van der Waals surface area contributed by atoms with Gasteiger partial charge in [-0.05, 0) is 24.6 Å². The van der Waals surface area contributed by atoms with Gasteiger partial charge in [-0.3, -0.25) is 4.79 Å². The van der Waals surface area contributed by atoms with Gasteiger partial charge in [-0.2, -0.15) is 0 Å². The fourth-order valence-corrected chi connectivity index (χ4v) is 2.39. The molecule has 1 aliphatic heterocycles. The van der Waals surface area contributed by atoms with E-state index in [2.05, 4.69) is 0 Å². The zero-order valence-electron chi connectivity index (χ0n) is 13.3. The number of carbonyl (C=O) groups is 2. The lowest BCUT2D eigenvalue weighted by atomic mass is 10.2. The van der Waals surface area contributed by atoms with E-state index in [-0.39, 0.29) is 32.1 Å². The van der Waals surface area contributed by atoms with Gasteiger partial charge in [0.1, 0.15) is 0 Å². The van der Waals surface area contributed by atoms with E-state index in [1.807, 2.05) is 19.1 Å². The third kappa shape index (κ3) is 4.35. The second-order valence-electron chi connectivity index (χ2n) is 5.27. The molecule has 1 amide bonds. The first-order valence-corrected chi connectivity index (χ1v) is 7.40. The lowest BCUT2D eigenvalue weighted by molar-refractivity contribution is -0.158. The molecule has 23 heavy (non-hydrogen) atoms. The van der Waals surface area contributed by atoms with Crippen LogP contribution in [0, 0.1) is 6.92 Å². The van der Waals surface area contributed by atoms with Crippen molar-refractivity contribution < 1.29 is 28.9 Å². The van der Waals surface area contributed by atoms with Crippen LogP contribution in [0.4, 0.5) is 0 Å². The molecule has 0 saturated carbocycles. The van der Waals surface area contributed by atoms with Crippen LogP contribution >= 0.6 is 0 Å². The summed E-state index contributed by atoms with van der Waals surface area (Å²) in [6, 6.07) is 4.60. The van der Waals surface area contributed by atoms with Crippen LogP contribution in [0.2, 0.25) is 0 Å². The molecule has 1 N–H and O–H groups in total. The highest BCUT2D eigenvalue weighted by Crippen LogP contribution is 2.27. The second-order valence-corrected chi connectivity index (χ2v) is 5.27. The summed E-state index contributed by atoms with van der Waals surface area (Å²) < 4.78 is 15.9. The normalized spacial score (nSPS) is 17.7. The van der Waals surface area contributed by atoms with Crippen molar-refractivity contribution >= 4 is 11.9 Å². The smallest absolute Gasteiger partial charge is 0.328 e. The van der Waals surface area contributed by atoms with Gasteiger partial charge in [0.05, 0.1) is 33.4 Å². The Bertz CT molecular complexity index is 574. The number of carbonyl (C=O) groups excluding carboxylic acids is 1. The van der Waals surface area contributed by atoms with E-state index < -0.39 is 12.0 Å². The Hall–Kier alpha value is -2.28. The largest absolute Gasteiger partial charge is 0.493 e. The number of methoxy groups -OCH3 is 1. The summed E-state index contributed by atoms with van der Waals surface area (Å²) in [6.45, 7) is 2.75. The zero-order chi connectivity index (χ0) is 16.8. The molecule has 1 atom stereocenters. The van der Waals surface area contributed by atoms with Crippen LogP contribution in [0.3, 0.4) is 0 Å². The minimum atomic E-state index is -1.06. The monoisotopic (exact) mass is 323 g/mol. The molecule has 0 radical (unpaired) electrons. The molecule has 1 aliphatic rings. The van der Waals surface area contributed by atoms with Crippen molar-refractivity contribution in [3.8, 4) is 11.5 Å². The lowest BCUT2D eigenvalue weighted by Gasteiger charge is -2.32. The quantitative estimate of drug-likeness (QED) is 0.843. The number of benzene rings is 1. The number of hydrogen-bond donors (Lipinski definition) is 1. The molecular weight excluding hydrogens is 302 g/mol. The molecule has 7 heteroatoms. The van der Waals surface area contributed by atoms with E-state index in [4.69, 9.17) is 19.3 Å². The molecule has 0 bridgehead atoms. The molecule has 2 rings (SSSR count). The number of morpholine rings is 1. The molecular formula is C16H21NO6. The van der Waals surface area contributed by atoms with Crippen molar-refractivity contribution in [2.75, 3.05) is 33.5 Å². The predicted molar refractivity (Wildman–Crippen MR) is 81.8 cm³/mol. The molecule has 1 unspecified atom stereocenters. The number of carboxylic acid groups (broad SMARTS) is 1. The van der Waals surface area contributed by atoms with Gasteiger partial charge >= 0.3 is 5.97 Å². The molecule has 126 valence electrons. The Kier molecular flexibility index (Phi) is 5.81. The number of aliphatic carboxylic acids is 1. The fourth-order valence-electron chi connectivity index (χ4n) is 2.39. The Morgan fingerprint density at radius 2 is 2.17 bits per heavy atom. The van der Waals surface area contributed by atoms with E-state index in [9.17, 15) is 9.59 Å². The van der Waals surface area contributed by atoms with E-state index >= 15 is 0 Å². The van der Waals surface area contributed by atoms with Crippen molar-refractivity contribution in [2.45, 2.75) is 19.4 Å². The molecule has 1 fully saturated rings. The Labute approximate surface area is 134 Å². The highest BCUT2D eigenvalue weighted by atomic mass is 16.5. The van der Waals surface area contributed by atoms with Crippen molar-refractivity contribution in [2.24, 2.45) is 0 Å². The van der Waals surface area contributed by atoms with Crippen LogP contribution in [0.15, 0.2) is 18.2 Å². The first kappa shape index (κ1) is 17.1. The van der Waals surface area contributed by atoms with Gasteiger partial charge in [0, 0.05) is 6.54 Å². The predicted octanol–water partition coefficient (Wildman–Crippen LogP) is 1.08. The van der Waals surface area contributed by atoms with Crippen molar-refractivity contribution in [1.82, 2.24) is 4.90 Å². The third-order valence-electron chi connectivity index (χ3n) is 3.63. The Morgan fingerprint density at radius 3 is 2.87 bits per heavy atom. The Morgan fingerprint density at radius 1 is 1.39 bits per heavy atom. The van der Waals surface area contributed by atoms with Gasteiger partial charge in [0.25, 0.3) is 0 Å². The lowest BCUT2D eigenvalue weighted by Crippen LogP contribution is -2.52. The summed E-state index contributed by atoms with van der Waals surface area (Å²) in [6.07, 6.45) is 0.0980. The first-order valence-electron chi connectivity index (χ1n) is 7.40. The van der Waals surface area contributed by atoms with Gasteiger partial charge in [-0.25, -0.2) is 4.79 Å². The van der Waals surface area contributed by atoms with Gasteiger partial charge in [-0.15, -0.1) is 0 Å². The van der Waals surface area contributed by atoms with Gasteiger partial charge in [0.15, 0.2) is 17.5 Å². The summed E-state index contributed by atoms with van der Waals surface area (Å²) in [5, 5.41) is 9.13. The van der Waals surface area contributed by atoms with Crippen molar-refractivity contribution in [3.05, 3.63) is 23.8 Å². The van der Waals surface area contributed by atoms with Gasteiger partial charge in [-0.1, -0.05) is 6.07 Å². The first-order chi connectivity index (χ1) is 11.0. The molecule has 0 spiro atoms. The summed E-state index contributed by atoms with van der Waals surface area (Å²) in [5.41, 5.74) is 1.04. The van der Waals surface area contributed by atoms with Crippen molar-refractivity contribution in [3.63, 3.8) is 0 Å². The second kappa shape index (κ2) is 7.82. The van der Waals surface area contributed by atoms with Gasteiger partial charge < -0.3 is 24.2 Å². The SMILES string of the molecule is COc1cc(C)ccc1OCCC(=O)N1CCOCC1C(=O)O.